The van der Waals surface area contributed by atoms with Crippen molar-refractivity contribution in [3.05, 3.63) is 63.1 Å². The molecule has 0 unspecified atom stereocenters. The molecule has 0 atom stereocenters. The summed E-state index contributed by atoms with van der Waals surface area (Å²) in [4.78, 5) is 27.5. The Labute approximate surface area is 146 Å². The maximum absolute atomic E-state index is 13.3. The number of alkyl halides is 3. The number of aromatic amines is 1. The van der Waals surface area contributed by atoms with Crippen LogP contribution < -0.4 is 10.9 Å². The molecule has 9 heteroatoms. The van der Waals surface area contributed by atoms with Gasteiger partial charge in [-0.05, 0) is 44.4 Å². The van der Waals surface area contributed by atoms with Gasteiger partial charge in [0.15, 0.2) is 0 Å². The van der Waals surface area contributed by atoms with Gasteiger partial charge in [-0.25, -0.2) is 9.37 Å². The number of hydrogen-bond acceptors (Lipinski definition) is 3. The average Bonchev–Trinajstić information content (AvgIpc) is 3.26. The van der Waals surface area contributed by atoms with E-state index in [4.69, 9.17) is 0 Å². The van der Waals surface area contributed by atoms with Crippen molar-refractivity contribution in [3.8, 4) is 0 Å². The van der Waals surface area contributed by atoms with E-state index in [-0.39, 0.29) is 5.56 Å². The van der Waals surface area contributed by atoms with Crippen LogP contribution in [0.2, 0.25) is 0 Å². The molecular formula is C17H17F4N3O2. The van der Waals surface area contributed by atoms with Crippen LogP contribution in [0.5, 0.6) is 0 Å². The molecule has 3 rings (SSSR count). The Kier molecular flexibility index (Phi) is 5.48. The second-order valence-electron chi connectivity index (χ2n) is 6.01. The molecule has 5 nitrogen and oxygen atoms in total. The molecule has 1 amide bonds. The van der Waals surface area contributed by atoms with Crippen LogP contribution in [0.3, 0.4) is 0 Å². The van der Waals surface area contributed by atoms with Gasteiger partial charge in [0.1, 0.15) is 11.6 Å². The molecular weight excluding hydrogens is 354 g/mol. The SMILES string of the molecule is Cc1cc(=O)[nH]c(C)n1.O=CNC1(c2ccc(C(F)(F)F)c(F)c2)CC1. The van der Waals surface area contributed by atoms with E-state index >= 15 is 0 Å². The monoisotopic (exact) mass is 371 g/mol. The fraction of sp³-hybridized carbons (Fsp3) is 0.353. The number of carbonyl (C=O) groups is 1. The van der Waals surface area contributed by atoms with Crippen molar-refractivity contribution in [1.82, 2.24) is 15.3 Å². The third-order valence-corrected chi connectivity index (χ3v) is 3.90. The van der Waals surface area contributed by atoms with Crippen molar-refractivity contribution in [1.29, 1.82) is 0 Å². The first kappa shape index (κ1) is 19.6. The first-order valence-corrected chi connectivity index (χ1v) is 7.70. The van der Waals surface area contributed by atoms with E-state index in [1.807, 2.05) is 0 Å². The van der Waals surface area contributed by atoms with E-state index in [9.17, 15) is 27.2 Å². The van der Waals surface area contributed by atoms with Gasteiger partial charge in [0.2, 0.25) is 6.41 Å². The molecule has 0 saturated heterocycles. The Morgan fingerprint density at radius 3 is 2.31 bits per heavy atom. The van der Waals surface area contributed by atoms with Crippen LogP contribution in [0.4, 0.5) is 17.6 Å². The Balaban J connectivity index is 0.000000228. The highest BCUT2D eigenvalue weighted by Crippen LogP contribution is 2.46. The molecule has 0 spiro atoms. The normalized spacial score (nSPS) is 14.8. The summed E-state index contributed by atoms with van der Waals surface area (Å²) >= 11 is 0. The standard InChI is InChI=1S/C11H9F4NO.C6H8N2O/c12-9-5-7(10(3-4-10)16-6-17)1-2-8(9)11(13,14)15;1-4-3-6(9)8-5(2)7-4/h1-2,5-6H,3-4H2,(H,16,17);3H,1-2H3,(H,7,8,9). The number of amides is 1. The summed E-state index contributed by atoms with van der Waals surface area (Å²) in [6.07, 6.45) is -3.01. The number of aryl methyl sites for hydroxylation is 2. The highest BCUT2D eigenvalue weighted by atomic mass is 19.4. The number of H-pyrrole nitrogens is 1. The highest BCUT2D eigenvalue weighted by molar-refractivity contribution is 5.52. The molecule has 0 bridgehead atoms. The van der Waals surface area contributed by atoms with Crippen molar-refractivity contribution < 1.29 is 22.4 Å². The molecule has 1 aromatic carbocycles. The van der Waals surface area contributed by atoms with Crippen molar-refractivity contribution in [2.75, 3.05) is 0 Å². The van der Waals surface area contributed by atoms with Crippen LogP contribution in [0.15, 0.2) is 29.1 Å². The van der Waals surface area contributed by atoms with Crippen LogP contribution in [0, 0.1) is 19.7 Å². The summed E-state index contributed by atoms with van der Waals surface area (Å²) in [5, 5.41) is 2.51. The van der Waals surface area contributed by atoms with E-state index in [1.165, 1.54) is 12.1 Å². The molecule has 0 aliphatic heterocycles. The van der Waals surface area contributed by atoms with Crippen LogP contribution in [0.25, 0.3) is 0 Å². The third-order valence-electron chi connectivity index (χ3n) is 3.90. The van der Waals surface area contributed by atoms with Crippen molar-refractivity contribution in [3.63, 3.8) is 0 Å². The molecule has 1 aromatic heterocycles. The maximum atomic E-state index is 13.3. The molecule has 2 N–H and O–H groups in total. The zero-order chi connectivity index (χ0) is 19.5. The van der Waals surface area contributed by atoms with Gasteiger partial charge < -0.3 is 10.3 Å². The van der Waals surface area contributed by atoms with Gasteiger partial charge >= 0.3 is 6.18 Å². The summed E-state index contributed by atoms with van der Waals surface area (Å²) in [6, 6.07) is 4.21. The van der Waals surface area contributed by atoms with E-state index < -0.39 is 23.1 Å². The number of aromatic nitrogens is 2. The fourth-order valence-corrected chi connectivity index (χ4v) is 2.53. The number of halogens is 4. The fourth-order valence-electron chi connectivity index (χ4n) is 2.53. The topological polar surface area (TPSA) is 74.8 Å². The summed E-state index contributed by atoms with van der Waals surface area (Å²) in [5.74, 6) is -0.644. The van der Waals surface area contributed by atoms with Gasteiger partial charge in [0, 0.05) is 11.8 Å². The second-order valence-corrected chi connectivity index (χ2v) is 6.01. The summed E-state index contributed by atoms with van der Waals surface area (Å²) in [7, 11) is 0. The quantitative estimate of drug-likeness (QED) is 0.644. The van der Waals surface area contributed by atoms with Gasteiger partial charge in [-0.15, -0.1) is 0 Å². The maximum Gasteiger partial charge on any atom is 0.419 e. The van der Waals surface area contributed by atoms with Crippen LogP contribution >= 0.6 is 0 Å². The lowest BCUT2D eigenvalue weighted by Crippen LogP contribution is -2.27. The first-order chi connectivity index (χ1) is 12.1. The predicted molar refractivity (Wildman–Crippen MR) is 85.8 cm³/mol. The van der Waals surface area contributed by atoms with Crippen LogP contribution in [-0.2, 0) is 16.5 Å². The lowest BCUT2D eigenvalue weighted by atomic mass is 10.0. The number of nitrogens with zero attached hydrogens (tertiary/aromatic N) is 1. The predicted octanol–water partition coefficient (Wildman–Crippen LogP) is 2.97. The summed E-state index contributed by atoms with van der Waals surface area (Å²) in [6.45, 7) is 3.55. The molecule has 1 aliphatic rings. The van der Waals surface area contributed by atoms with Crippen LogP contribution in [-0.4, -0.2) is 16.4 Å². The lowest BCUT2D eigenvalue weighted by Gasteiger charge is -2.16. The second kappa shape index (κ2) is 7.27. The van der Waals surface area contributed by atoms with E-state index in [0.29, 0.717) is 36.7 Å². The number of carbonyl (C=O) groups excluding carboxylic acids is 1. The molecule has 1 fully saturated rings. The Morgan fingerprint density at radius 1 is 1.23 bits per heavy atom. The number of hydrogen-bond donors (Lipinski definition) is 2. The third kappa shape index (κ3) is 4.68. The molecule has 1 heterocycles. The Morgan fingerprint density at radius 2 is 1.88 bits per heavy atom. The summed E-state index contributed by atoms with van der Waals surface area (Å²) < 4.78 is 50.3. The lowest BCUT2D eigenvalue weighted by molar-refractivity contribution is -0.140. The minimum Gasteiger partial charge on any atom is -0.349 e. The van der Waals surface area contributed by atoms with Gasteiger partial charge in [-0.1, -0.05) is 6.07 Å². The van der Waals surface area contributed by atoms with E-state index in [2.05, 4.69) is 15.3 Å². The largest absolute Gasteiger partial charge is 0.419 e. The highest BCUT2D eigenvalue weighted by Gasteiger charge is 2.45. The van der Waals surface area contributed by atoms with Gasteiger partial charge in [-0.2, -0.15) is 13.2 Å². The number of nitrogens with one attached hydrogen (secondary N) is 2. The van der Waals surface area contributed by atoms with E-state index in [1.54, 1.807) is 13.8 Å². The Hall–Kier alpha value is -2.71. The van der Waals surface area contributed by atoms with E-state index in [0.717, 1.165) is 11.8 Å². The summed E-state index contributed by atoms with van der Waals surface area (Å²) in [5.41, 5.74) is -0.915. The van der Waals surface area contributed by atoms with Gasteiger partial charge in [0.05, 0.1) is 11.1 Å². The molecule has 26 heavy (non-hydrogen) atoms. The number of benzene rings is 1. The number of rotatable bonds is 3. The van der Waals surface area contributed by atoms with Gasteiger partial charge in [0.25, 0.3) is 5.56 Å². The molecule has 1 saturated carbocycles. The molecule has 140 valence electrons. The molecule has 2 aromatic rings. The Bertz CT molecular complexity index is 835. The zero-order valence-electron chi connectivity index (χ0n) is 14.1. The molecule has 0 radical (unpaired) electrons. The average molecular weight is 371 g/mol. The minimum atomic E-state index is -4.70. The van der Waals surface area contributed by atoms with Crippen molar-refractivity contribution >= 4 is 6.41 Å². The minimum absolute atomic E-state index is 0.0833. The van der Waals surface area contributed by atoms with Crippen LogP contribution in [0.1, 0.15) is 35.5 Å². The van der Waals surface area contributed by atoms with Crippen molar-refractivity contribution in [2.45, 2.75) is 38.4 Å². The van der Waals surface area contributed by atoms with Gasteiger partial charge in [-0.3, -0.25) is 9.59 Å². The van der Waals surface area contributed by atoms with Crippen molar-refractivity contribution in [2.24, 2.45) is 0 Å². The molecule has 1 aliphatic carbocycles. The first-order valence-electron chi connectivity index (χ1n) is 7.70. The zero-order valence-corrected chi connectivity index (χ0v) is 14.1. The smallest absolute Gasteiger partial charge is 0.349 e.